The van der Waals surface area contributed by atoms with E-state index in [0.29, 0.717) is 6.54 Å². The lowest BCUT2D eigenvalue weighted by Gasteiger charge is -2.15. The van der Waals surface area contributed by atoms with Crippen LogP contribution in [0.4, 0.5) is 5.69 Å². The number of carboxylic acid groups (broad SMARTS) is 1. The molecule has 0 aromatic heterocycles. The summed E-state index contributed by atoms with van der Waals surface area (Å²) in [7, 11) is -2.63. The maximum atomic E-state index is 12.1. The molecule has 116 valence electrons. The van der Waals surface area contributed by atoms with E-state index in [2.05, 4.69) is 4.72 Å². The van der Waals surface area contributed by atoms with Gasteiger partial charge in [-0.15, -0.1) is 0 Å². The van der Waals surface area contributed by atoms with Gasteiger partial charge in [0.2, 0.25) is 15.9 Å². The number of nitrogens with zero attached hydrogens (tertiary/aromatic N) is 1. The number of sulfonamides is 1. The summed E-state index contributed by atoms with van der Waals surface area (Å²) in [6, 6.07) is 3.44. The van der Waals surface area contributed by atoms with Crippen LogP contribution in [0.3, 0.4) is 0 Å². The van der Waals surface area contributed by atoms with E-state index >= 15 is 0 Å². The number of hydrogen-bond donors (Lipinski definition) is 3. The summed E-state index contributed by atoms with van der Waals surface area (Å²) in [6.45, 7) is 1.71. The zero-order chi connectivity index (χ0) is 16.2. The Balaban J connectivity index is 3.06. The van der Waals surface area contributed by atoms with Crippen molar-refractivity contribution < 1.29 is 23.1 Å². The van der Waals surface area contributed by atoms with Gasteiger partial charge in [-0.05, 0) is 25.1 Å². The molecular formula is C12H17N3O5S. The normalized spacial score (nSPS) is 11.1. The molecule has 0 spiro atoms. The number of nitrogen functional groups attached to an aromatic ring is 1. The molecule has 4 N–H and O–H groups in total. The van der Waals surface area contributed by atoms with Crippen LogP contribution in [-0.4, -0.2) is 50.4 Å². The summed E-state index contributed by atoms with van der Waals surface area (Å²) in [5.41, 5.74) is 5.19. The van der Waals surface area contributed by atoms with E-state index in [-0.39, 0.29) is 5.69 Å². The van der Waals surface area contributed by atoms with Crippen LogP contribution < -0.4 is 10.5 Å². The lowest BCUT2D eigenvalue weighted by Crippen LogP contribution is -2.38. The Morgan fingerprint density at radius 3 is 2.52 bits per heavy atom. The minimum atomic E-state index is -4.15. The minimum absolute atomic E-state index is 0.109. The van der Waals surface area contributed by atoms with E-state index in [0.717, 1.165) is 12.1 Å². The molecule has 1 amide bonds. The first-order valence-electron chi connectivity index (χ1n) is 6.05. The van der Waals surface area contributed by atoms with Crippen LogP contribution in [0.15, 0.2) is 23.1 Å². The van der Waals surface area contributed by atoms with Crippen molar-refractivity contribution in [2.24, 2.45) is 0 Å². The summed E-state index contributed by atoms with van der Waals surface area (Å²) >= 11 is 0. The number of carbonyl (C=O) groups is 2. The zero-order valence-electron chi connectivity index (χ0n) is 11.7. The van der Waals surface area contributed by atoms with Crippen molar-refractivity contribution in [3.05, 3.63) is 23.8 Å². The Labute approximate surface area is 122 Å². The molecule has 0 saturated carbocycles. The Hall–Kier alpha value is -2.13. The van der Waals surface area contributed by atoms with Gasteiger partial charge in [-0.2, -0.15) is 0 Å². The smallest absolute Gasteiger partial charge is 0.337 e. The molecule has 0 atom stereocenters. The highest BCUT2D eigenvalue weighted by molar-refractivity contribution is 7.89. The molecule has 1 aromatic carbocycles. The van der Waals surface area contributed by atoms with Gasteiger partial charge in [0.1, 0.15) is 0 Å². The summed E-state index contributed by atoms with van der Waals surface area (Å²) in [6.07, 6.45) is 0. The van der Waals surface area contributed by atoms with Crippen molar-refractivity contribution >= 4 is 27.6 Å². The number of nitrogens with two attached hydrogens (primary N) is 1. The van der Waals surface area contributed by atoms with E-state index < -0.39 is 38.9 Å². The van der Waals surface area contributed by atoms with E-state index in [1.165, 1.54) is 18.0 Å². The molecule has 8 nitrogen and oxygen atoms in total. The zero-order valence-corrected chi connectivity index (χ0v) is 12.5. The molecule has 0 fully saturated rings. The molecule has 0 unspecified atom stereocenters. The first kappa shape index (κ1) is 16.9. The van der Waals surface area contributed by atoms with Crippen molar-refractivity contribution in [1.82, 2.24) is 9.62 Å². The maximum absolute atomic E-state index is 12.1. The molecule has 0 aliphatic carbocycles. The second-order valence-electron chi connectivity index (χ2n) is 4.29. The Morgan fingerprint density at radius 2 is 2.00 bits per heavy atom. The maximum Gasteiger partial charge on any atom is 0.337 e. The molecule has 9 heteroatoms. The molecule has 1 aromatic rings. The van der Waals surface area contributed by atoms with E-state index in [4.69, 9.17) is 10.8 Å². The average Bonchev–Trinajstić information content (AvgIpc) is 2.43. The standard InChI is InChI=1S/C12H17N3O5S/c1-3-15(2)11(16)7-14-21(19,20)10-6-8(13)4-5-9(10)12(17)18/h4-6,14H,3,7,13H2,1-2H3,(H,17,18). The molecular weight excluding hydrogens is 298 g/mol. The minimum Gasteiger partial charge on any atom is -0.478 e. The van der Waals surface area contributed by atoms with Crippen LogP contribution in [-0.2, 0) is 14.8 Å². The van der Waals surface area contributed by atoms with E-state index in [1.807, 2.05) is 0 Å². The quantitative estimate of drug-likeness (QED) is 0.619. The van der Waals surface area contributed by atoms with Crippen LogP contribution >= 0.6 is 0 Å². The Morgan fingerprint density at radius 1 is 1.38 bits per heavy atom. The highest BCUT2D eigenvalue weighted by atomic mass is 32.2. The molecule has 21 heavy (non-hydrogen) atoms. The van der Waals surface area contributed by atoms with Crippen molar-refractivity contribution in [2.75, 3.05) is 25.9 Å². The van der Waals surface area contributed by atoms with Crippen LogP contribution in [0, 0.1) is 0 Å². The third kappa shape index (κ3) is 4.17. The fraction of sp³-hybridized carbons (Fsp3) is 0.333. The van der Waals surface area contributed by atoms with Gasteiger partial charge in [-0.25, -0.2) is 17.9 Å². The highest BCUT2D eigenvalue weighted by Crippen LogP contribution is 2.19. The van der Waals surface area contributed by atoms with Crippen molar-refractivity contribution in [3.63, 3.8) is 0 Å². The lowest BCUT2D eigenvalue weighted by molar-refractivity contribution is -0.128. The number of hydrogen-bond acceptors (Lipinski definition) is 5. The molecule has 0 aliphatic rings. The van der Waals surface area contributed by atoms with Gasteiger partial charge in [0.05, 0.1) is 17.0 Å². The summed E-state index contributed by atoms with van der Waals surface area (Å²) in [5, 5.41) is 9.02. The van der Waals surface area contributed by atoms with Gasteiger partial charge < -0.3 is 15.7 Å². The largest absolute Gasteiger partial charge is 0.478 e. The average molecular weight is 315 g/mol. The summed E-state index contributed by atoms with van der Waals surface area (Å²) in [5.74, 6) is -1.82. The van der Waals surface area contributed by atoms with Gasteiger partial charge >= 0.3 is 5.97 Å². The predicted molar refractivity (Wildman–Crippen MR) is 76.3 cm³/mol. The van der Waals surface area contributed by atoms with Crippen LogP contribution in [0.1, 0.15) is 17.3 Å². The molecule has 0 radical (unpaired) electrons. The Kier molecular flexibility index (Phi) is 5.28. The third-order valence-corrected chi connectivity index (χ3v) is 4.28. The number of amides is 1. The van der Waals surface area contributed by atoms with Crippen molar-refractivity contribution in [2.45, 2.75) is 11.8 Å². The van der Waals surface area contributed by atoms with Crippen molar-refractivity contribution in [1.29, 1.82) is 0 Å². The van der Waals surface area contributed by atoms with Crippen molar-refractivity contribution in [3.8, 4) is 0 Å². The second-order valence-corrected chi connectivity index (χ2v) is 6.03. The number of rotatable bonds is 6. The third-order valence-electron chi connectivity index (χ3n) is 2.84. The molecule has 0 heterocycles. The van der Waals surface area contributed by atoms with Gasteiger partial charge in [0, 0.05) is 19.3 Å². The molecule has 0 aliphatic heterocycles. The lowest BCUT2D eigenvalue weighted by atomic mass is 10.2. The first-order chi connectivity index (χ1) is 9.69. The predicted octanol–water partition coefficient (Wildman–Crippen LogP) is -0.276. The second kappa shape index (κ2) is 6.55. The van der Waals surface area contributed by atoms with E-state index in [1.54, 1.807) is 6.92 Å². The van der Waals surface area contributed by atoms with Gasteiger partial charge in [-0.1, -0.05) is 0 Å². The SMILES string of the molecule is CCN(C)C(=O)CNS(=O)(=O)c1cc(N)ccc1C(=O)O. The molecule has 0 bridgehead atoms. The molecule has 1 rings (SSSR count). The van der Waals surface area contributed by atoms with Crippen LogP contribution in [0.5, 0.6) is 0 Å². The number of aromatic carboxylic acids is 1. The number of likely N-dealkylation sites (N-methyl/N-ethyl adjacent to an activating group) is 1. The summed E-state index contributed by atoms with van der Waals surface area (Å²) < 4.78 is 26.3. The first-order valence-corrected chi connectivity index (χ1v) is 7.53. The van der Waals surface area contributed by atoms with Crippen LogP contribution in [0.2, 0.25) is 0 Å². The topological polar surface area (TPSA) is 130 Å². The monoisotopic (exact) mass is 315 g/mol. The van der Waals surface area contributed by atoms with E-state index in [9.17, 15) is 18.0 Å². The summed E-state index contributed by atoms with van der Waals surface area (Å²) in [4.78, 5) is 23.5. The van der Waals surface area contributed by atoms with Crippen LogP contribution in [0.25, 0.3) is 0 Å². The number of carbonyl (C=O) groups excluding carboxylic acids is 1. The van der Waals surface area contributed by atoms with Gasteiger partial charge in [-0.3, -0.25) is 4.79 Å². The number of anilines is 1. The number of carboxylic acids is 1. The van der Waals surface area contributed by atoms with Gasteiger partial charge in [0.15, 0.2) is 0 Å². The number of nitrogens with one attached hydrogen (secondary N) is 1. The molecule has 0 saturated heterocycles. The highest BCUT2D eigenvalue weighted by Gasteiger charge is 2.23. The Bertz CT molecular complexity index is 657. The fourth-order valence-electron chi connectivity index (χ4n) is 1.48. The fourth-order valence-corrected chi connectivity index (χ4v) is 2.69. The van der Waals surface area contributed by atoms with Gasteiger partial charge in [0.25, 0.3) is 0 Å². The number of benzene rings is 1.